The summed E-state index contributed by atoms with van der Waals surface area (Å²) in [6, 6.07) is 6.37. The van der Waals surface area contributed by atoms with Gasteiger partial charge in [0.05, 0.1) is 11.3 Å². The summed E-state index contributed by atoms with van der Waals surface area (Å²) in [5.41, 5.74) is 11.9. The zero-order valence-corrected chi connectivity index (χ0v) is 10.2. The Bertz CT molecular complexity index is 810. The quantitative estimate of drug-likeness (QED) is 0.359. The lowest BCUT2D eigenvalue weighted by Crippen LogP contribution is -2.41. The number of aliphatic hydroxyl groups excluding tert-OH is 1. The fourth-order valence-corrected chi connectivity index (χ4v) is 2.48. The number of hydrogen-bond acceptors (Lipinski definition) is 6. The number of fused-ring (bicyclic) bond motifs is 2. The highest BCUT2D eigenvalue weighted by atomic mass is 16.3. The van der Waals surface area contributed by atoms with Gasteiger partial charge in [0.1, 0.15) is 0 Å². The molecule has 0 saturated heterocycles. The molecule has 6 nitrogen and oxygen atoms in total. The summed E-state index contributed by atoms with van der Waals surface area (Å²) < 4.78 is 0. The number of nitrogen functional groups attached to an aromatic ring is 2. The lowest BCUT2D eigenvalue weighted by molar-refractivity contribution is -0.120. The van der Waals surface area contributed by atoms with Crippen molar-refractivity contribution in [1.82, 2.24) is 0 Å². The molecule has 0 spiro atoms. The Morgan fingerprint density at radius 2 is 1.75 bits per heavy atom. The van der Waals surface area contributed by atoms with Crippen molar-refractivity contribution < 1.29 is 19.5 Å². The second-order valence-electron chi connectivity index (χ2n) is 4.62. The molecule has 0 fully saturated rings. The molecule has 20 heavy (non-hydrogen) atoms. The van der Waals surface area contributed by atoms with Gasteiger partial charge in [0.2, 0.25) is 17.3 Å². The van der Waals surface area contributed by atoms with Gasteiger partial charge >= 0.3 is 0 Å². The molecule has 6 heteroatoms. The molecule has 100 valence electrons. The Morgan fingerprint density at radius 3 is 2.45 bits per heavy atom. The first-order valence-corrected chi connectivity index (χ1v) is 5.85. The highest BCUT2D eigenvalue weighted by Crippen LogP contribution is 2.35. The van der Waals surface area contributed by atoms with Crippen LogP contribution in [0.15, 0.2) is 24.3 Å². The number of anilines is 2. The number of rotatable bonds is 0. The van der Waals surface area contributed by atoms with Crippen molar-refractivity contribution in [2.24, 2.45) is 0 Å². The van der Waals surface area contributed by atoms with Crippen LogP contribution < -0.4 is 11.5 Å². The number of Topliss-reactive ketones (excluding diaryl/α,β-unsaturated/α-hetero) is 3. The van der Waals surface area contributed by atoms with Gasteiger partial charge in [-0.3, -0.25) is 14.4 Å². The van der Waals surface area contributed by atoms with E-state index in [-0.39, 0.29) is 16.8 Å². The summed E-state index contributed by atoms with van der Waals surface area (Å²) in [5, 5.41) is 10.5. The van der Waals surface area contributed by atoms with E-state index in [2.05, 4.69) is 0 Å². The first-order valence-electron chi connectivity index (χ1n) is 5.85. The van der Waals surface area contributed by atoms with Crippen molar-refractivity contribution in [1.29, 1.82) is 0 Å². The average Bonchev–Trinajstić information content (AvgIpc) is 2.42. The fraction of sp³-hybridized carbons (Fsp3) is 0.0714. The third-order valence-corrected chi connectivity index (χ3v) is 3.45. The average molecular weight is 270 g/mol. The molecule has 0 radical (unpaired) electrons. The van der Waals surface area contributed by atoms with Gasteiger partial charge in [-0.05, 0) is 17.5 Å². The number of benzene rings is 2. The molecule has 1 atom stereocenters. The van der Waals surface area contributed by atoms with Crippen molar-refractivity contribution in [3.63, 3.8) is 0 Å². The van der Waals surface area contributed by atoms with Crippen LogP contribution in [0.4, 0.5) is 11.4 Å². The number of hydrogen-bond donors (Lipinski definition) is 3. The predicted octanol–water partition coefficient (Wildman–Crippen LogP) is 0.313. The van der Waals surface area contributed by atoms with Crippen molar-refractivity contribution >= 4 is 39.5 Å². The van der Waals surface area contributed by atoms with Crippen molar-refractivity contribution in [3.8, 4) is 0 Å². The molecular formula is C14H10N2O4. The second kappa shape index (κ2) is 3.88. The van der Waals surface area contributed by atoms with Crippen LogP contribution in [0.1, 0.15) is 20.7 Å². The van der Waals surface area contributed by atoms with Crippen LogP contribution in [0.25, 0.3) is 10.8 Å². The molecule has 0 amide bonds. The van der Waals surface area contributed by atoms with Crippen LogP contribution in [-0.4, -0.2) is 28.6 Å². The Morgan fingerprint density at radius 1 is 1.05 bits per heavy atom. The van der Waals surface area contributed by atoms with Crippen LogP contribution in [0.3, 0.4) is 0 Å². The van der Waals surface area contributed by atoms with Gasteiger partial charge in [-0.15, -0.1) is 0 Å². The Labute approximate surface area is 113 Å². The molecule has 0 bridgehead atoms. The first kappa shape index (κ1) is 12.3. The number of ketones is 3. The SMILES string of the molecule is Nc1cccc2cc3c(c(N)c12)C(=O)C(O)C(=O)C3=O. The molecule has 1 aliphatic carbocycles. The van der Waals surface area contributed by atoms with Crippen LogP contribution in [0.2, 0.25) is 0 Å². The number of nitrogens with two attached hydrogens (primary N) is 2. The zero-order chi connectivity index (χ0) is 14.6. The predicted molar refractivity (Wildman–Crippen MR) is 72.4 cm³/mol. The molecule has 5 N–H and O–H groups in total. The van der Waals surface area contributed by atoms with E-state index in [4.69, 9.17) is 11.5 Å². The van der Waals surface area contributed by atoms with E-state index in [0.717, 1.165) is 0 Å². The maximum atomic E-state index is 12.0. The highest BCUT2D eigenvalue weighted by Gasteiger charge is 2.40. The zero-order valence-electron chi connectivity index (χ0n) is 10.2. The Balaban J connectivity index is 2.48. The van der Waals surface area contributed by atoms with E-state index in [1.54, 1.807) is 18.2 Å². The van der Waals surface area contributed by atoms with Crippen molar-refractivity contribution in [3.05, 3.63) is 35.4 Å². The molecule has 0 saturated carbocycles. The molecule has 0 aromatic heterocycles. The van der Waals surface area contributed by atoms with E-state index in [1.807, 2.05) is 0 Å². The van der Waals surface area contributed by atoms with Crippen molar-refractivity contribution in [2.75, 3.05) is 11.5 Å². The lowest BCUT2D eigenvalue weighted by atomic mass is 9.83. The molecular weight excluding hydrogens is 260 g/mol. The molecule has 0 heterocycles. The molecule has 1 unspecified atom stereocenters. The van der Waals surface area contributed by atoms with E-state index >= 15 is 0 Å². The number of carbonyl (C=O) groups excluding carboxylic acids is 3. The van der Waals surface area contributed by atoms with Gasteiger partial charge < -0.3 is 16.6 Å². The maximum absolute atomic E-state index is 12.0. The van der Waals surface area contributed by atoms with Crippen LogP contribution >= 0.6 is 0 Å². The largest absolute Gasteiger partial charge is 0.398 e. The number of aliphatic hydroxyl groups is 1. The van der Waals surface area contributed by atoms with Gasteiger partial charge in [0.15, 0.2) is 6.10 Å². The van der Waals surface area contributed by atoms with E-state index in [9.17, 15) is 19.5 Å². The standard InChI is InChI=1S/C14H10N2O4/c15-7-3-1-2-5-4-6-9(10(16)8(5)7)12(18)14(20)13(19)11(6)17/h1-4,14,20H,15-16H2. The monoisotopic (exact) mass is 270 g/mol. The van der Waals surface area contributed by atoms with Crippen LogP contribution in [0, 0.1) is 0 Å². The van der Waals surface area contributed by atoms with Gasteiger partial charge in [-0.2, -0.15) is 0 Å². The van der Waals surface area contributed by atoms with E-state index < -0.39 is 23.5 Å². The van der Waals surface area contributed by atoms with Gasteiger partial charge in [0.25, 0.3) is 0 Å². The fourth-order valence-electron chi connectivity index (χ4n) is 2.48. The third kappa shape index (κ3) is 1.39. The highest BCUT2D eigenvalue weighted by molar-refractivity contribution is 6.54. The molecule has 2 aromatic rings. The van der Waals surface area contributed by atoms with Gasteiger partial charge in [-0.1, -0.05) is 12.1 Å². The number of carbonyl (C=O) groups is 3. The first-order chi connectivity index (χ1) is 9.43. The van der Waals surface area contributed by atoms with Crippen LogP contribution in [-0.2, 0) is 4.79 Å². The minimum atomic E-state index is -1.99. The topological polar surface area (TPSA) is 123 Å². The third-order valence-electron chi connectivity index (χ3n) is 3.45. The molecule has 1 aliphatic rings. The van der Waals surface area contributed by atoms with Crippen LogP contribution in [0.5, 0.6) is 0 Å². The molecule has 3 rings (SSSR count). The summed E-state index contributed by atoms with van der Waals surface area (Å²) in [4.78, 5) is 35.4. The minimum absolute atomic E-state index is 0.0144. The summed E-state index contributed by atoms with van der Waals surface area (Å²) in [7, 11) is 0. The van der Waals surface area contributed by atoms with Gasteiger partial charge in [0, 0.05) is 16.6 Å². The normalized spacial score (nSPS) is 18.4. The second-order valence-corrected chi connectivity index (χ2v) is 4.62. The molecule has 2 aromatic carbocycles. The Hall–Kier alpha value is -2.73. The minimum Gasteiger partial charge on any atom is -0.398 e. The van der Waals surface area contributed by atoms with E-state index in [1.165, 1.54) is 6.07 Å². The summed E-state index contributed by atoms with van der Waals surface area (Å²) in [6.45, 7) is 0. The Kier molecular flexibility index (Phi) is 2.39. The smallest absolute Gasteiger partial charge is 0.239 e. The summed E-state index contributed by atoms with van der Waals surface area (Å²) in [5.74, 6) is -2.92. The maximum Gasteiger partial charge on any atom is 0.239 e. The van der Waals surface area contributed by atoms with Gasteiger partial charge in [-0.25, -0.2) is 0 Å². The lowest BCUT2D eigenvalue weighted by Gasteiger charge is -2.20. The molecule has 0 aliphatic heterocycles. The van der Waals surface area contributed by atoms with E-state index in [0.29, 0.717) is 16.5 Å². The summed E-state index contributed by atoms with van der Waals surface area (Å²) in [6.07, 6.45) is -1.99. The summed E-state index contributed by atoms with van der Waals surface area (Å²) >= 11 is 0. The van der Waals surface area contributed by atoms with Crippen molar-refractivity contribution in [2.45, 2.75) is 6.10 Å².